The van der Waals surface area contributed by atoms with E-state index >= 15 is 0 Å². The molecule has 0 nitrogen and oxygen atoms in total. The van der Waals surface area contributed by atoms with E-state index in [9.17, 15) is 0 Å². The molecule has 0 fully saturated rings. The fraction of sp³-hybridized carbons (Fsp3) is 0.364. The van der Waals surface area contributed by atoms with Crippen LogP contribution in [0.1, 0.15) is 56.6 Å². The van der Waals surface area contributed by atoms with Crippen LogP contribution in [0.5, 0.6) is 0 Å². The van der Waals surface area contributed by atoms with Crippen LogP contribution >= 0.6 is 0 Å². The van der Waals surface area contributed by atoms with Gasteiger partial charge in [0.05, 0.1) is 5.41 Å². The zero-order chi connectivity index (χ0) is 15.4. The van der Waals surface area contributed by atoms with E-state index in [1.54, 1.807) is 0 Å². The summed E-state index contributed by atoms with van der Waals surface area (Å²) in [4.78, 5) is 0. The highest BCUT2D eigenvalue weighted by Crippen LogP contribution is 2.48. The molecule has 0 saturated heterocycles. The van der Waals surface area contributed by atoms with Crippen molar-refractivity contribution in [2.24, 2.45) is 5.41 Å². The Bertz CT molecular complexity index is 690. The molecule has 2 atom stereocenters. The average Bonchev–Trinajstić information content (AvgIpc) is 3.20. The molecule has 0 heterocycles. The van der Waals surface area contributed by atoms with E-state index < -0.39 is 0 Å². The van der Waals surface area contributed by atoms with E-state index in [1.807, 2.05) is 0 Å². The van der Waals surface area contributed by atoms with Gasteiger partial charge in [0.15, 0.2) is 0 Å². The molecule has 0 aliphatic heterocycles. The van der Waals surface area contributed by atoms with E-state index in [4.69, 9.17) is 0 Å². The Balaban J connectivity index is 1.96. The van der Waals surface area contributed by atoms with Gasteiger partial charge in [-0.05, 0) is 36.5 Å². The van der Waals surface area contributed by atoms with Gasteiger partial charge in [0.25, 0.3) is 0 Å². The maximum absolute atomic E-state index is 3.65. The smallest absolute Gasteiger partial charge is 0.0604 e. The van der Waals surface area contributed by atoms with Crippen LogP contribution in [0.25, 0.3) is 6.08 Å². The Morgan fingerprint density at radius 2 is 2.14 bits per heavy atom. The van der Waals surface area contributed by atoms with Crippen molar-refractivity contribution in [2.75, 3.05) is 0 Å². The van der Waals surface area contributed by atoms with Gasteiger partial charge in [-0.1, -0.05) is 73.9 Å². The highest BCUT2D eigenvalue weighted by atomic mass is 14.4. The lowest BCUT2D eigenvalue weighted by atomic mass is 9.69. The van der Waals surface area contributed by atoms with Gasteiger partial charge in [0, 0.05) is 12.3 Å². The Hall–Kier alpha value is -2.00. The van der Waals surface area contributed by atoms with Crippen LogP contribution in [-0.4, -0.2) is 0 Å². The van der Waals surface area contributed by atoms with Gasteiger partial charge >= 0.3 is 0 Å². The second-order valence-corrected chi connectivity index (χ2v) is 6.40. The van der Waals surface area contributed by atoms with Gasteiger partial charge in [-0.15, -0.1) is 5.92 Å². The summed E-state index contributed by atoms with van der Waals surface area (Å²) in [5.74, 6) is 7.47. The molecule has 3 rings (SSSR count). The second-order valence-electron chi connectivity index (χ2n) is 6.40. The van der Waals surface area contributed by atoms with Gasteiger partial charge < -0.3 is 0 Å². The summed E-state index contributed by atoms with van der Waals surface area (Å²) < 4.78 is 0. The molecule has 0 saturated carbocycles. The van der Waals surface area contributed by atoms with E-state index in [2.05, 4.69) is 80.3 Å². The molecule has 0 radical (unpaired) electrons. The SMILES string of the molecule is CCCCC#CC(C)(C1=CC=CC1)C1C=Cc2ccccc21. The molecule has 0 bridgehead atoms. The largest absolute Gasteiger partial charge is 0.102 e. The lowest BCUT2D eigenvalue weighted by Gasteiger charge is -2.32. The molecule has 0 amide bonds. The molecule has 0 aromatic heterocycles. The number of hydrogen-bond acceptors (Lipinski definition) is 0. The molecule has 2 unspecified atom stereocenters. The third kappa shape index (κ3) is 2.69. The number of allylic oxidation sites excluding steroid dienone is 5. The molecular weight excluding hydrogens is 264 g/mol. The van der Waals surface area contributed by atoms with Crippen molar-refractivity contribution in [3.05, 3.63) is 65.3 Å². The zero-order valence-corrected chi connectivity index (χ0v) is 13.6. The number of unbranched alkanes of at least 4 members (excludes halogenated alkanes) is 2. The van der Waals surface area contributed by atoms with Crippen molar-refractivity contribution in [1.82, 2.24) is 0 Å². The standard InChI is InChI=1S/C22H24/c1-3-4-5-10-17-22(2,19-12-7-8-13-19)21-16-15-18-11-6-9-14-20(18)21/h6-9,11-12,14-16,21H,3-5,13H2,1-2H3. The molecule has 2 aliphatic rings. The van der Waals surface area contributed by atoms with E-state index in [1.165, 1.54) is 29.5 Å². The molecule has 1 aromatic carbocycles. The predicted molar refractivity (Wildman–Crippen MR) is 95.5 cm³/mol. The molecule has 0 spiro atoms. The maximum atomic E-state index is 3.65. The normalized spacial score (nSPS) is 21.0. The minimum Gasteiger partial charge on any atom is -0.102 e. The van der Waals surface area contributed by atoms with Crippen LogP contribution in [0, 0.1) is 17.3 Å². The predicted octanol–water partition coefficient (Wildman–Crippen LogP) is 5.88. The summed E-state index contributed by atoms with van der Waals surface area (Å²) >= 11 is 0. The number of hydrogen-bond donors (Lipinski definition) is 0. The third-order valence-electron chi connectivity index (χ3n) is 4.86. The fourth-order valence-corrected chi connectivity index (χ4v) is 3.45. The van der Waals surface area contributed by atoms with Crippen molar-refractivity contribution in [3.63, 3.8) is 0 Å². The summed E-state index contributed by atoms with van der Waals surface area (Å²) in [5.41, 5.74) is 4.12. The Labute approximate surface area is 134 Å². The first-order valence-electron chi connectivity index (χ1n) is 8.39. The van der Waals surface area contributed by atoms with E-state index in [0.717, 1.165) is 12.8 Å². The van der Waals surface area contributed by atoms with Gasteiger partial charge in [-0.3, -0.25) is 0 Å². The van der Waals surface area contributed by atoms with Gasteiger partial charge in [-0.2, -0.15) is 0 Å². The minimum atomic E-state index is -0.0969. The Morgan fingerprint density at radius 1 is 1.27 bits per heavy atom. The summed E-state index contributed by atoms with van der Waals surface area (Å²) in [5, 5.41) is 0. The topological polar surface area (TPSA) is 0 Å². The first-order valence-corrected chi connectivity index (χ1v) is 8.39. The highest BCUT2D eigenvalue weighted by molar-refractivity contribution is 5.64. The minimum absolute atomic E-state index is 0.0969. The van der Waals surface area contributed by atoms with Crippen molar-refractivity contribution >= 4 is 6.08 Å². The quantitative estimate of drug-likeness (QED) is 0.479. The van der Waals surface area contributed by atoms with E-state index in [-0.39, 0.29) is 5.41 Å². The van der Waals surface area contributed by atoms with Crippen molar-refractivity contribution < 1.29 is 0 Å². The van der Waals surface area contributed by atoms with Gasteiger partial charge in [0.2, 0.25) is 0 Å². The average molecular weight is 288 g/mol. The molecule has 2 aliphatic carbocycles. The summed E-state index contributed by atoms with van der Waals surface area (Å²) in [6, 6.07) is 8.73. The first-order chi connectivity index (χ1) is 10.8. The molecule has 22 heavy (non-hydrogen) atoms. The third-order valence-corrected chi connectivity index (χ3v) is 4.86. The molecule has 0 heteroatoms. The monoisotopic (exact) mass is 288 g/mol. The van der Waals surface area contributed by atoms with Crippen molar-refractivity contribution in [3.8, 4) is 11.8 Å². The summed E-state index contributed by atoms with van der Waals surface area (Å²) in [6.45, 7) is 4.54. The first kappa shape index (κ1) is 14.9. The van der Waals surface area contributed by atoms with Crippen LogP contribution in [0.4, 0.5) is 0 Å². The molecule has 1 aromatic rings. The van der Waals surface area contributed by atoms with Crippen molar-refractivity contribution in [1.29, 1.82) is 0 Å². The van der Waals surface area contributed by atoms with Crippen LogP contribution in [0.3, 0.4) is 0 Å². The summed E-state index contributed by atoms with van der Waals surface area (Å²) in [6.07, 6.45) is 15.7. The number of rotatable bonds is 4. The summed E-state index contributed by atoms with van der Waals surface area (Å²) in [7, 11) is 0. The fourth-order valence-electron chi connectivity index (χ4n) is 3.45. The van der Waals surface area contributed by atoms with Gasteiger partial charge in [0.1, 0.15) is 0 Å². The van der Waals surface area contributed by atoms with Crippen LogP contribution < -0.4 is 0 Å². The maximum Gasteiger partial charge on any atom is 0.0604 e. The molecule has 0 N–H and O–H groups in total. The number of benzene rings is 1. The van der Waals surface area contributed by atoms with Crippen LogP contribution in [0.15, 0.2) is 54.1 Å². The highest BCUT2D eigenvalue weighted by Gasteiger charge is 2.38. The Morgan fingerprint density at radius 3 is 2.91 bits per heavy atom. The Kier molecular flexibility index (Phi) is 4.34. The van der Waals surface area contributed by atoms with Crippen LogP contribution in [-0.2, 0) is 0 Å². The van der Waals surface area contributed by atoms with Crippen LogP contribution in [0.2, 0.25) is 0 Å². The van der Waals surface area contributed by atoms with Crippen molar-refractivity contribution in [2.45, 2.75) is 45.4 Å². The zero-order valence-electron chi connectivity index (χ0n) is 13.6. The van der Waals surface area contributed by atoms with E-state index in [0.29, 0.717) is 5.92 Å². The lowest BCUT2D eigenvalue weighted by molar-refractivity contribution is 0.475. The second kappa shape index (κ2) is 6.41. The molecular formula is C22H24. The number of fused-ring (bicyclic) bond motifs is 1. The molecule has 112 valence electrons. The lowest BCUT2D eigenvalue weighted by Crippen LogP contribution is -2.24. The van der Waals surface area contributed by atoms with Gasteiger partial charge in [-0.25, -0.2) is 0 Å².